The lowest BCUT2D eigenvalue weighted by Crippen LogP contribution is -2.34. The molecule has 5 nitrogen and oxygen atoms in total. The van der Waals surface area contributed by atoms with Gasteiger partial charge in [0.05, 0.1) is 4.47 Å². The molecule has 0 bridgehead atoms. The number of likely N-dealkylation sites (N-methyl/N-ethyl adjacent to an activating group) is 2. The van der Waals surface area contributed by atoms with Crippen LogP contribution >= 0.6 is 15.9 Å². The quantitative estimate of drug-likeness (QED) is 0.811. The van der Waals surface area contributed by atoms with Crippen molar-refractivity contribution >= 4 is 31.6 Å². The van der Waals surface area contributed by atoms with Crippen molar-refractivity contribution in [3.8, 4) is 0 Å². The van der Waals surface area contributed by atoms with Crippen LogP contribution in [0.25, 0.3) is 0 Å². The van der Waals surface area contributed by atoms with E-state index in [9.17, 15) is 12.8 Å². The van der Waals surface area contributed by atoms with Gasteiger partial charge in [-0.15, -0.1) is 0 Å². The van der Waals surface area contributed by atoms with Crippen LogP contribution in [0.1, 0.15) is 0 Å². The topological polar surface area (TPSA) is 66.6 Å². The first-order chi connectivity index (χ1) is 8.66. The van der Waals surface area contributed by atoms with Gasteiger partial charge in [-0.2, -0.15) is 4.31 Å². The molecule has 108 valence electrons. The van der Waals surface area contributed by atoms with Crippen LogP contribution in [-0.2, 0) is 10.0 Å². The molecule has 0 spiro atoms. The van der Waals surface area contributed by atoms with Crippen molar-refractivity contribution in [3.63, 3.8) is 0 Å². The number of halogens is 2. The number of rotatable bonds is 5. The molecule has 0 saturated heterocycles. The van der Waals surface area contributed by atoms with Crippen molar-refractivity contribution in [1.82, 2.24) is 9.21 Å². The van der Waals surface area contributed by atoms with Crippen molar-refractivity contribution < 1.29 is 12.8 Å². The highest BCUT2D eigenvalue weighted by Gasteiger charge is 2.26. The van der Waals surface area contributed by atoms with E-state index in [0.29, 0.717) is 6.54 Å². The molecule has 0 aliphatic heterocycles. The fourth-order valence-electron chi connectivity index (χ4n) is 1.40. The summed E-state index contributed by atoms with van der Waals surface area (Å²) in [6.07, 6.45) is 0. The van der Waals surface area contributed by atoms with E-state index < -0.39 is 20.7 Å². The first kappa shape index (κ1) is 16.4. The predicted molar refractivity (Wildman–Crippen MR) is 76.9 cm³/mol. The number of nitrogen functional groups attached to an aromatic ring is 1. The molecule has 0 fully saturated rings. The fourth-order valence-corrected chi connectivity index (χ4v) is 3.29. The third kappa shape index (κ3) is 3.88. The van der Waals surface area contributed by atoms with Crippen LogP contribution < -0.4 is 5.73 Å². The van der Waals surface area contributed by atoms with Gasteiger partial charge in [0.25, 0.3) is 0 Å². The van der Waals surface area contributed by atoms with Gasteiger partial charge in [-0.25, -0.2) is 12.8 Å². The molecule has 2 N–H and O–H groups in total. The van der Waals surface area contributed by atoms with E-state index in [2.05, 4.69) is 15.9 Å². The molecule has 1 rings (SSSR count). The summed E-state index contributed by atoms with van der Waals surface area (Å²) in [6.45, 7) is 0.808. The number of hydrogen-bond acceptors (Lipinski definition) is 4. The lowest BCUT2D eigenvalue weighted by Gasteiger charge is -2.20. The summed E-state index contributed by atoms with van der Waals surface area (Å²) in [5.41, 5.74) is 5.75. The van der Waals surface area contributed by atoms with Crippen LogP contribution in [0.5, 0.6) is 0 Å². The molecule has 0 amide bonds. The smallest absolute Gasteiger partial charge is 0.245 e. The van der Waals surface area contributed by atoms with Gasteiger partial charge in [0.1, 0.15) is 4.90 Å². The van der Waals surface area contributed by atoms with E-state index in [1.54, 1.807) is 0 Å². The van der Waals surface area contributed by atoms with E-state index in [-0.39, 0.29) is 16.7 Å². The predicted octanol–water partition coefficient (Wildman–Crippen LogP) is 1.35. The molecule has 0 radical (unpaired) electrons. The van der Waals surface area contributed by atoms with Crippen LogP contribution in [0, 0.1) is 5.82 Å². The van der Waals surface area contributed by atoms with Crippen molar-refractivity contribution in [2.45, 2.75) is 4.90 Å². The second kappa shape index (κ2) is 6.17. The molecule has 0 atom stereocenters. The molecule has 1 aromatic rings. The van der Waals surface area contributed by atoms with Crippen molar-refractivity contribution in [1.29, 1.82) is 0 Å². The summed E-state index contributed by atoms with van der Waals surface area (Å²) < 4.78 is 39.6. The summed E-state index contributed by atoms with van der Waals surface area (Å²) in [5, 5.41) is 0. The summed E-state index contributed by atoms with van der Waals surface area (Å²) in [4.78, 5) is 1.43. The molecule has 0 aliphatic carbocycles. The monoisotopic (exact) mass is 353 g/mol. The van der Waals surface area contributed by atoms with E-state index in [1.165, 1.54) is 13.1 Å². The Kier molecular flexibility index (Phi) is 5.31. The standard InChI is InChI=1S/C11H17BrFN3O2S/c1-15(2)4-5-16(3)19(17,18)10-7-8(14)6-9(12)11(10)13/h6-7H,4-5,14H2,1-3H3. The molecular formula is C11H17BrFN3O2S. The van der Waals surface area contributed by atoms with Gasteiger partial charge in [-0.3, -0.25) is 0 Å². The molecule has 19 heavy (non-hydrogen) atoms. The Morgan fingerprint density at radius 1 is 1.26 bits per heavy atom. The Labute approximate surface area is 121 Å². The zero-order chi connectivity index (χ0) is 14.8. The van der Waals surface area contributed by atoms with E-state index in [1.807, 2.05) is 19.0 Å². The summed E-state index contributed by atoms with van der Waals surface area (Å²) in [6, 6.07) is 2.45. The number of nitrogens with zero attached hydrogens (tertiary/aromatic N) is 2. The summed E-state index contributed by atoms with van der Waals surface area (Å²) in [5.74, 6) is -0.828. The minimum absolute atomic E-state index is 0.0343. The largest absolute Gasteiger partial charge is 0.399 e. The van der Waals surface area contributed by atoms with Crippen LogP contribution in [0.2, 0.25) is 0 Å². The Bertz CT molecular complexity index is 563. The highest BCUT2D eigenvalue weighted by Crippen LogP contribution is 2.27. The molecule has 0 saturated carbocycles. The number of nitrogens with two attached hydrogens (primary N) is 1. The maximum Gasteiger partial charge on any atom is 0.245 e. The zero-order valence-electron chi connectivity index (χ0n) is 11.0. The van der Waals surface area contributed by atoms with Crippen LogP contribution in [-0.4, -0.2) is 51.9 Å². The van der Waals surface area contributed by atoms with Gasteiger partial charge in [-0.05, 0) is 42.2 Å². The lowest BCUT2D eigenvalue weighted by molar-refractivity contribution is 0.357. The summed E-state index contributed by atoms with van der Waals surface area (Å²) in [7, 11) is 1.19. The first-order valence-electron chi connectivity index (χ1n) is 5.52. The Balaban J connectivity index is 3.13. The Morgan fingerprint density at radius 2 is 1.84 bits per heavy atom. The number of benzene rings is 1. The minimum atomic E-state index is -3.89. The highest BCUT2D eigenvalue weighted by molar-refractivity contribution is 9.10. The molecule has 0 aromatic heterocycles. The Hall–Kier alpha value is -0.700. The van der Waals surface area contributed by atoms with Crippen molar-refractivity contribution in [2.24, 2.45) is 0 Å². The molecule has 0 unspecified atom stereocenters. The van der Waals surface area contributed by atoms with Crippen molar-refractivity contribution in [2.75, 3.05) is 40.0 Å². The van der Waals surface area contributed by atoms with Gasteiger partial charge >= 0.3 is 0 Å². The second-order valence-electron chi connectivity index (χ2n) is 4.44. The van der Waals surface area contributed by atoms with Crippen LogP contribution in [0.3, 0.4) is 0 Å². The van der Waals surface area contributed by atoms with Crippen LogP contribution in [0.4, 0.5) is 10.1 Å². The number of hydrogen-bond donors (Lipinski definition) is 1. The molecule has 0 heterocycles. The van der Waals surface area contributed by atoms with E-state index >= 15 is 0 Å². The zero-order valence-corrected chi connectivity index (χ0v) is 13.4. The minimum Gasteiger partial charge on any atom is -0.399 e. The SMILES string of the molecule is CN(C)CCN(C)S(=O)(=O)c1cc(N)cc(Br)c1F. The average Bonchev–Trinajstić information content (AvgIpc) is 2.30. The van der Waals surface area contributed by atoms with Crippen molar-refractivity contribution in [3.05, 3.63) is 22.4 Å². The third-order valence-corrected chi connectivity index (χ3v) is 5.00. The molecular weight excluding hydrogens is 337 g/mol. The average molecular weight is 354 g/mol. The number of sulfonamides is 1. The first-order valence-corrected chi connectivity index (χ1v) is 7.75. The second-order valence-corrected chi connectivity index (χ2v) is 7.31. The van der Waals surface area contributed by atoms with Gasteiger partial charge in [-0.1, -0.05) is 0 Å². The maximum atomic E-state index is 13.9. The van der Waals surface area contributed by atoms with Gasteiger partial charge in [0.15, 0.2) is 5.82 Å². The maximum absolute atomic E-state index is 13.9. The highest BCUT2D eigenvalue weighted by atomic mass is 79.9. The normalized spacial score (nSPS) is 12.4. The Morgan fingerprint density at radius 3 is 2.37 bits per heavy atom. The van der Waals surface area contributed by atoms with Crippen LogP contribution in [0.15, 0.2) is 21.5 Å². The molecule has 1 aromatic carbocycles. The fraction of sp³-hybridized carbons (Fsp3) is 0.455. The third-order valence-electron chi connectivity index (χ3n) is 2.57. The van der Waals surface area contributed by atoms with Gasteiger partial charge < -0.3 is 10.6 Å². The molecule has 0 aliphatic rings. The van der Waals surface area contributed by atoms with E-state index in [4.69, 9.17) is 5.73 Å². The van der Waals surface area contributed by atoms with Gasteiger partial charge in [0, 0.05) is 25.8 Å². The molecule has 8 heteroatoms. The van der Waals surface area contributed by atoms with E-state index in [0.717, 1.165) is 10.4 Å². The summed E-state index contributed by atoms with van der Waals surface area (Å²) >= 11 is 2.95. The number of anilines is 1. The van der Waals surface area contributed by atoms with Gasteiger partial charge in [0.2, 0.25) is 10.0 Å². The lowest BCUT2D eigenvalue weighted by atomic mass is 10.3.